The first-order valence-electron chi connectivity index (χ1n) is 5.28. The molecule has 0 heterocycles. The second-order valence-corrected chi connectivity index (χ2v) is 4.61. The average molecular weight is 180 g/mol. The minimum absolute atomic E-state index is 0.280. The third kappa shape index (κ3) is 2.20. The van der Waals surface area contributed by atoms with E-state index in [2.05, 4.69) is 33.8 Å². The van der Waals surface area contributed by atoms with E-state index in [4.69, 9.17) is 0 Å². The van der Waals surface area contributed by atoms with Crippen molar-refractivity contribution in [2.45, 2.75) is 40.5 Å². The zero-order chi connectivity index (χ0) is 10.0. The highest BCUT2D eigenvalue weighted by atomic mass is 16.1. The molecule has 0 spiro atoms. The highest BCUT2D eigenvalue weighted by Crippen LogP contribution is 2.29. The van der Waals surface area contributed by atoms with E-state index in [0.29, 0.717) is 17.6 Å². The van der Waals surface area contributed by atoms with Crippen LogP contribution in [-0.2, 0) is 4.79 Å². The van der Waals surface area contributed by atoms with Crippen LogP contribution in [0.5, 0.6) is 0 Å². The Kier molecular flexibility index (Phi) is 3.29. The van der Waals surface area contributed by atoms with E-state index < -0.39 is 0 Å². The van der Waals surface area contributed by atoms with Crippen LogP contribution >= 0.6 is 0 Å². The van der Waals surface area contributed by atoms with Crippen molar-refractivity contribution in [3.05, 3.63) is 11.6 Å². The van der Waals surface area contributed by atoms with Crippen molar-refractivity contribution in [3.63, 3.8) is 0 Å². The molecule has 1 aliphatic rings. The minimum Gasteiger partial charge on any atom is -0.294 e. The van der Waals surface area contributed by atoms with Gasteiger partial charge in [-0.1, -0.05) is 33.8 Å². The van der Waals surface area contributed by atoms with Gasteiger partial charge in [0.25, 0.3) is 0 Å². The number of carbonyl (C=O) groups is 1. The molecule has 0 saturated heterocycles. The molecule has 13 heavy (non-hydrogen) atoms. The molecule has 0 radical (unpaired) electrons. The van der Waals surface area contributed by atoms with Crippen molar-refractivity contribution in [1.29, 1.82) is 0 Å². The number of Topliss-reactive ketones (excluding diaryl/α,β-unsaturated/α-hetero) is 1. The Labute approximate surface area is 81.2 Å². The maximum absolute atomic E-state index is 11.9. The molecule has 0 saturated carbocycles. The van der Waals surface area contributed by atoms with E-state index in [1.165, 1.54) is 0 Å². The number of hydrogen-bond donors (Lipinski definition) is 0. The van der Waals surface area contributed by atoms with E-state index >= 15 is 0 Å². The quantitative estimate of drug-likeness (QED) is 0.637. The normalized spacial score (nSPS) is 24.0. The Morgan fingerprint density at radius 3 is 2.38 bits per heavy atom. The van der Waals surface area contributed by atoms with Crippen molar-refractivity contribution in [2.24, 2.45) is 17.8 Å². The van der Waals surface area contributed by atoms with Gasteiger partial charge in [0.2, 0.25) is 0 Å². The summed E-state index contributed by atoms with van der Waals surface area (Å²) in [6.45, 7) is 8.50. The Morgan fingerprint density at radius 2 is 1.92 bits per heavy atom. The van der Waals surface area contributed by atoms with Crippen LogP contribution in [0.3, 0.4) is 0 Å². The summed E-state index contributed by atoms with van der Waals surface area (Å²) < 4.78 is 0. The number of carbonyl (C=O) groups excluding carboxylic acids is 1. The third-order valence-electron chi connectivity index (χ3n) is 2.89. The van der Waals surface area contributed by atoms with Crippen LogP contribution in [0, 0.1) is 17.8 Å². The summed E-state index contributed by atoms with van der Waals surface area (Å²) in [6, 6.07) is 0. The second kappa shape index (κ2) is 4.08. The van der Waals surface area contributed by atoms with E-state index in [0.717, 1.165) is 18.4 Å². The van der Waals surface area contributed by atoms with E-state index in [-0.39, 0.29) is 5.92 Å². The van der Waals surface area contributed by atoms with Crippen molar-refractivity contribution in [3.8, 4) is 0 Å². The smallest absolute Gasteiger partial charge is 0.162 e. The van der Waals surface area contributed by atoms with Gasteiger partial charge < -0.3 is 0 Å². The molecule has 0 aromatic heterocycles. The molecule has 0 amide bonds. The van der Waals surface area contributed by atoms with Crippen LogP contribution in [0.15, 0.2) is 11.6 Å². The topological polar surface area (TPSA) is 17.1 Å². The maximum Gasteiger partial charge on any atom is 0.162 e. The van der Waals surface area contributed by atoms with Crippen molar-refractivity contribution in [2.75, 3.05) is 0 Å². The van der Waals surface area contributed by atoms with Crippen LogP contribution in [0.2, 0.25) is 0 Å². The van der Waals surface area contributed by atoms with Crippen LogP contribution < -0.4 is 0 Å². The summed E-state index contributed by atoms with van der Waals surface area (Å²) in [5.74, 6) is 1.57. The van der Waals surface area contributed by atoms with Gasteiger partial charge in [-0.25, -0.2) is 0 Å². The van der Waals surface area contributed by atoms with Gasteiger partial charge in [-0.3, -0.25) is 4.79 Å². The van der Waals surface area contributed by atoms with Gasteiger partial charge in [0.1, 0.15) is 0 Å². The van der Waals surface area contributed by atoms with E-state index in [1.807, 2.05) is 0 Å². The Hall–Kier alpha value is -0.590. The molecule has 0 aromatic carbocycles. The van der Waals surface area contributed by atoms with Gasteiger partial charge in [0.05, 0.1) is 0 Å². The molecule has 0 aliphatic heterocycles. The molecule has 0 aromatic rings. The van der Waals surface area contributed by atoms with Gasteiger partial charge in [-0.2, -0.15) is 0 Å². The summed E-state index contributed by atoms with van der Waals surface area (Å²) in [5.41, 5.74) is 1.06. The third-order valence-corrected chi connectivity index (χ3v) is 2.89. The zero-order valence-corrected chi connectivity index (χ0v) is 9.13. The zero-order valence-electron chi connectivity index (χ0n) is 9.13. The highest BCUT2D eigenvalue weighted by Gasteiger charge is 2.28. The Bertz CT molecular complexity index is 223. The molecule has 1 atom stereocenters. The molecule has 1 unspecified atom stereocenters. The lowest BCUT2D eigenvalue weighted by molar-refractivity contribution is -0.121. The van der Waals surface area contributed by atoms with E-state index in [9.17, 15) is 4.79 Å². The molecule has 0 N–H and O–H groups in total. The van der Waals surface area contributed by atoms with Crippen LogP contribution in [0.4, 0.5) is 0 Å². The maximum atomic E-state index is 11.9. The summed E-state index contributed by atoms with van der Waals surface area (Å²) in [5, 5.41) is 0. The summed E-state index contributed by atoms with van der Waals surface area (Å²) >= 11 is 0. The van der Waals surface area contributed by atoms with Gasteiger partial charge in [-0.15, -0.1) is 0 Å². The van der Waals surface area contributed by atoms with Crippen molar-refractivity contribution in [1.82, 2.24) is 0 Å². The minimum atomic E-state index is 0.280. The van der Waals surface area contributed by atoms with Crippen molar-refractivity contribution < 1.29 is 4.79 Å². The number of allylic oxidation sites excluding steroid dienone is 2. The fourth-order valence-electron chi connectivity index (χ4n) is 2.02. The average Bonchev–Trinajstić information content (AvgIpc) is 2.03. The molecular formula is C12H20O. The molecule has 1 aliphatic carbocycles. The molecule has 1 rings (SSSR count). The largest absolute Gasteiger partial charge is 0.294 e. The molecule has 74 valence electrons. The summed E-state index contributed by atoms with van der Waals surface area (Å²) in [7, 11) is 0. The van der Waals surface area contributed by atoms with Gasteiger partial charge in [-0.05, 0) is 30.3 Å². The van der Waals surface area contributed by atoms with Crippen LogP contribution in [-0.4, -0.2) is 5.78 Å². The van der Waals surface area contributed by atoms with Gasteiger partial charge >= 0.3 is 0 Å². The lowest BCUT2D eigenvalue weighted by atomic mass is 9.77. The number of rotatable bonds is 2. The van der Waals surface area contributed by atoms with E-state index in [1.54, 1.807) is 0 Å². The lowest BCUT2D eigenvalue weighted by Gasteiger charge is -2.26. The lowest BCUT2D eigenvalue weighted by Crippen LogP contribution is -2.26. The molecule has 0 bridgehead atoms. The fourth-order valence-corrected chi connectivity index (χ4v) is 2.02. The first-order chi connectivity index (χ1) is 6.04. The highest BCUT2D eigenvalue weighted by molar-refractivity contribution is 5.98. The molecule has 1 nitrogen and oxygen atoms in total. The van der Waals surface area contributed by atoms with Crippen LogP contribution in [0.25, 0.3) is 0 Å². The first kappa shape index (κ1) is 10.5. The monoisotopic (exact) mass is 180 g/mol. The molecule has 0 fully saturated rings. The first-order valence-corrected chi connectivity index (χ1v) is 5.28. The fraction of sp³-hybridized carbons (Fsp3) is 0.750. The van der Waals surface area contributed by atoms with Gasteiger partial charge in [0.15, 0.2) is 5.78 Å². The summed E-state index contributed by atoms with van der Waals surface area (Å²) in [6.07, 6.45) is 4.26. The standard InChI is InChI=1S/C12H20O/c1-8(2)10-6-5-7-11(9(3)4)12(10)13/h6,8-9,11H,5,7H2,1-4H3. The molecular weight excluding hydrogens is 160 g/mol. The second-order valence-electron chi connectivity index (χ2n) is 4.61. The van der Waals surface area contributed by atoms with Crippen LogP contribution in [0.1, 0.15) is 40.5 Å². The summed E-state index contributed by atoms with van der Waals surface area (Å²) in [4.78, 5) is 11.9. The predicted molar refractivity (Wildman–Crippen MR) is 55.5 cm³/mol. The Balaban J connectivity index is 2.80. The van der Waals surface area contributed by atoms with Crippen molar-refractivity contribution >= 4 is 5.78 Å². The van der Waals surface area contributed by atoms with Gasteiger partial charge in [0, 0.05) is 5.92 Å². The number of hydrogen-bond acceptors (Lipinski definition) is 1. The predicted octanol–water partition coefficient (Wildman–Crippen LogP) is 3.20. The Morgan fingerprint density at radius 1 is 1.31 bits per heavy atom. The number of ketones is 1. The molecule has 1 heteroatoms. The SMILES string of the molecule is CC(C)C1=CCCC(C(C)C)C1=O.